The lowest BCUT2D eigenvalue weighted by atomic mass is 9.93. The summed E-state index contributed by atoms with van der Waals surface area (Å²) in [5.41, 5.74) is 0.255. The van der Waals surface area contributed by atoms with Crippen molar-refractivity contribution in [2.45, 2.75) is 58.8 Å². The second-order valence-corrected chi connectivity index (χ2v) is 7.58. The number of aromatic carboxylic acids is 1. The Bertz CT molecular complexity index is 680. The van der Waals surface area contributed by atoms with Gasteiger partial charge in [0, 0.05) is 17.3 Å². The summed E-state index contributed by atoms with van der Waals surface area (Å²) in [5.74, 6) is -2.76. The molecule has 0 fully saturated rings. The van der Waals surface area contributed by atoms with E-state index >= 15 is 0 Å². The van der Waals surface area contributed by atoms with Crippen LogP contribution in [0.2, 0.25) is 0 Å². The van der Waals surface area contributed by atoms with E-state index in [1.807, 2.05) is 20.8 Å². The average molecular weight is 354 g/mol. The van der Waals surface area contributed by atoms with Gasteiger partial charge in [0.25, 0.3) is 0 Å². The third-order valence-corrected chi connectivity index (χ3v) is 5.05. The van der Waals surface area contributed by atoms with Crippen LogP contribution < -0.4 is 10.6 Å². The number of carbonyl (C=O) groups excluding carboxylic acids is 2. The number of anilines is 1. The van der Waals surface area contributed by atoms with E-state index in [9.17, 15) is 19.5 Å². The van der Waals surface area contributed by atoms with E-state index in [1.54, 1.807) is 6.92 Å². The first-order valence-electron chi connectivity index (χ1n) is 7.78. The summed E-state index contributed by atoms with van der Waals surface area (Å²) >= 11 is 1.14. The Kier molecular flexibility index (Phi) is 5.29. The van der Waals surface area contributed by atoms with Crippen LogP contribution in [0, 0.1) is 0 Å². The molecule has 0 unspecified atom stereocenters. The van der Waals surface area contributed by atoms with E-state index in [4.69, 9.17) is 4.74 Å². The van der Waals surface area contributed by atoms with Gasteiger partial charge in [0.15, 0.2) is 0 Å². The number of ether oxygens (including phenoxy) is 1. The van der Waals surface area contributed by atoms with Gasteiger partial charge in [0.05, 0.1) is 17.8 Å². The summed E-state index contributed by atoms with van der Waals surface area (Å²) in [4.78, 5) is 36.3. The number of rotatable bonds is 4. The van der Waals surface area contributed by atoms with E-state index in [0.717, 1.165) is 16.2 Å². The third-order valence-electron chi connectivity index (χ3n) is 3.92. The third kappa shape index (κ3) is 3.93. The fourth-order valence-electron chi connectivity index (χ4n) is 2.42. The molecular weight excluding hydrogens is 332 g/mol. The lowest BCUT2D eigenvalue weighted by Crippen LogP contribution is -2.40. The number of hydrogen-bond donors (Lipinski definition) is 3. The lowest BCUT2D eigenvalue weighted by Gasteiger charge is -2.30. The number of carboxylic acid groups (broad SMARTS) is 1. The molecule has 2 heterocycles. The molecule has 0 aliphatic carbocycles. The van der Waals surface area contributed by atoms with Gasteiger partial charge in [0.2, 0.25) is 0 Å². The highest BCUT2D eigenvalue weighted by Gasteiger charge is 2.34. The first kappa shape index (κ1) is 18.4. The maximum Gasteiger partial charge on any atom is 0.339 e. The quantitative estimate of drug-likeness (QED) is 0.719. The van der Waals surface area contributed by atoms with Crippen molar-refractivity contribution in [3.63, 3.8) is 0 Å². The molecule has 1 aliphatic rings. The van der Waals surface area contributed by atoms with E-state index in [-0.39, 0.29) is 16.6 Å². The minimum absolute atomic E-state index is 0.0519. The molecule has 0 bridgehead atoms. The van der Waals surface area contributed by atoms with Crippen molar-refractivity contribution in [3.8, 4) is 0 Å². The van der Waals surface area contributed by atoms with E-state index in [0.29, 0.717) is 25.0 Å². The minimum atomic E-state index is -1.12. The molecular formula is C16H22N2O5S. The zero-order chi connectivity index (χ0) is 18.1. The maximum atomic E-state index is 12.0. The van der Waals surface area contributed by atoms with Gasteiger partial charge in [-0.1, -0.05) is 6.92 Å². The normalized spacial score (nSPS) is 16.8. The van der Waals surface area contributed by atoms with E-state index < -0.39 is 23.4 Å². The molecule has 0 saturated heterocycles. The number of amides is 2. The molecule has 2 amide bonds. The molecule has 0 aromatic carbocycles. The van der Waals surface area contributed by atoms with Crippen molar-refractivity contribution in [1.29, 1.82) is 0 Å². The number of carbonyl (C=O) groups is 3. The van der Waals surface area contributed by atoms with Gasteiger partial charge in [-0.15, -0.1) is 11.3 Å². The van der Waals surface area contributed by atoms with Gasteiger partial charge < -0.3 is 20.5 Å². The molecule has 1 aliphatic heterocycles. The monoisotopic (exact) mass is 354 g/mol. The minimum Gasteiger partial charge on any atom is -0.478 e. The number of carboxylic acids is 1. The molecule has 7 nitrogen and oxygen atoms in total. The van der Waals surface area contributed by atoms with Crippen LogP contribution in [0.1, 0.15) is 54.9 Å². The van der Waals surface area contributed by atoms with Gasteiger partial charge in [-0.3, -0.25) is 9.59 Å². The molecule has 1 aromatic heterocycles. The highest BCUT2D eigenvalue weighted by Crippen LogP contribution is 2.40. The Morgan fingerprint density at radius 1 is 1.33 bits per heavy atom. The van der Waals surface area contributed by atoms with E-state index in [1.165, 1.54) is 0 Å². The number of fused-ring (bicyclic) bond motifs is 1. The molecule has 132 valence electrons. The predicted octanol–water partition coefficient (Wildman–Crippen LogP) is 2.15. The van der Waals surface area contributed by atoms with Crippen molar-refractivity contribution in [2.75, 3.05) is 5.32 Å². The summed E-state index contributed by atoms with van der Waals surface area (Å²) in [7, 11) is 0. The fourth-order valence-corrected chi connectivity index (χ4v) is 3.54. The molecule has 8 heteroatoms. The zero-order valence-corrected chi connectivity index (χ0v) is 15.0. The van der Waals surface area contributed by atoms with Crippen molar-refractivity contribution in [1.82, 2.24) is 5.32 Å². The maximum absolute atomic E-state index is 12.0. The second kappa shape index (κ2) is 6.90. The fraction of sp³-hybridized carbons (Fsp3) is 0.562. The SMILES string of the molecule is CC[C@@H](C)NC(=O)C(=O)Nc1sc2c(c1C(=O)O)CC(C)(C)OC2. The number of hydrogen-bond acceptors (Lipinski definition) is 5. The Morgan fingerprint density at radius 3 is 2.58 bits per heavy atom. The first-order valence-corrected chi connectivity index (χ1v) is 8.60. The van der Waals surface area contributed by atoms with Gasteiger partial charge in [-0.25, -0.2) is 4.79 Å². The molecule has 0 spiro atoms. The van der Waals surface area contributed by atoms with Crippen molar-refractivity contribution >= 4 is 34.1 Å². The van der Waals surface area contributed by atoms with Crippen LogP contribution in [-0.4, -0.2) is 34.5 Å². The van der Waals surface area contributed by atoms with Crippen LogP contribution in [-0.2, 0) is 27.4 Å². The highest BCUT2D eigenvalue weighted by molar-refractivity contribution is 7.17. The summed E-state index contributed by atoms with van der Waals surface area (Å²) < 4.78 is 5.68. The van der Waals surface area contributed by atoms with Crippen LogP contribution in [0.4, 0.5) is 5.00 Å². The first-order chi connectivity index (χ1) is 11.1. The molecule has 2 rings (SSSR count). The number of nitrogens with one attached hydrogen (secondary N) is 2. The standard InChI is InChI=1S/C16H22N2O5S/c1-5-8(2)17-12(19)13(20)18-14-11(15(21)22)9-6-16(3,4)23-7-10(9)24-14/h8H,5-7H2,1-4H3,(H,17,19)(H,18,20)(H,21,22)/t8-/m1/s1. The summed E-state index contributed by atoms with van der Waals surface area (Å²) in [5, 5.41) is 14.7. The van der Waals surface area contributed by atoms with Crippen LogP contribution in [0.3, 0.4) is 0 Å². The smallest absolute Gasteiger partial charge is 0.339 e. The topological polar surface area (TPSA) is 105 Å². The van der Waals surface area contributed by atoms with Gasteiger partial charge >= 0.3 is 17.8 Å². The highest BCUT2D eigenvalue weighted by atomic mass is 32.1. The molecule has 3 N–H and O–H groups in total. The van der Waals surface area contributed by atoms with E-state index in [2.05, 4.69) is 10.6 Å². The number of thiophene rings is 1. The zero-order valence-electron chi connectivity index (χ0n) is 14.2. The van der Waals surface area contributed by atoms with Gasteiger partial charge in [-0.2, -0.15) is 0 Å². The molecule has 1 aromatic rings. The predicted molar refractivity (Wildman–Crippen MR) is 90.4 cm³/mol. The molecule has 24 heavy (non-hydrogen) atoms. The van der Waals surface area contributed by atoms with Gasteiger partial charge in [0.1, 0.15) is 5.00 Å². The molecule has 1 atom stereocenters. The Hall–Kier alpha value is -1.93. The molecule has 0 radical (unpaired) electrons. The van der Waals surface area contributed by atoms with Gasteiger partial charge in [-0.05, 0) is 32.8 Å². The average Bonchev–Trinajstić information content (AvgIpc) is 2.82. The summed E-state index contributed by atoms with van der Waals surface area (Å²) in [6.07, 6.45) is 1.13. The largest absolute Gasteiger partial charge is 0.478 e. The van der Waals surface area contributed by atoms with Crippen LogP contribution >= 0.6 is 11.3 Å². The Morgan fingerprint density at radius 2 is 2.00 bits per heavy atom. The summed E-state index contributed by atoms with van der Waals surface area (Å²) in [6, 6.07) is -0.132. The van der Waals surface area contributed by atoms with Crippen molar-refractivity contribution in [2.24, 2.45) is 0 Å². The Labute approximate surface area is 144 Å². The van der Waals surface area contributed by atoms with Crippen LogP contribution in [0.5, 0.6) is 0 Å². The van der Waals surface area contributed by atoms with Crippen molar-refractivity contribution in [3.05, 3.63) is 16.0 Å². The van der Waals surface area contributed by atoms with Crippen molar-refractivity contribution < 1.29 is 24.2 Å². The second-order valence-electron chi connectivity index (χ2n) is 6.48. The van der Waals surface area contributed by atoms with Crippen LogP contribution in [0.15, 0.2) is 0 Å². The molecule has 0 saturated carbocycles. The Balaban J connectivity index is 2.25. The van der Waals surface area contributed by atoms with Crippen LogP contribution in [0.25, 0.3) is 0 Å². The summed E-state index contributed by atoms with van der Waals surface area (Å²) in [6.45, 7) is 7.74. The lowest BCUT2D eigenvalue weighted by molar-refractivity contribution is -0.136.